The maximum atomic E-state index is 11.5. The number of amides is 1. The lowest BCUT2D eigenvalue weighted by atomic mass is 9.95. The standard InChI is InChI=1S/C16H24BrN3O/c1-3-15(18)16(13-4-6-14(17)7-5-13)20-10-8-19(9-11-20)12(2)21/h4-7,15-16H,3,8-11,18H2,1-2H3. The van der Waals surface area contributed by atoms with Crippen molar-refractivity contribution in [1.29, 1.82) is 0 Å². The van der Waals surface area contributed by atoms with E-state index >= 15 is 0 Å². The summed E-state index contributed by atoms with van der Waals surface area (Å²) in [6.45, 7) is 7.11. The first-order valence-corrected chi connectivity index (χ1v) is 8.32. The second-order valence-electron chi connectivity index (χ2n) is 5.61. The fourth-order valence-corrected chi connectivity index (χ4v) is 3.19. The van der Waals surface area contributed by atoms with Gasteiger partial charge in [-0.3, -0.25) is 9.69 Å². The van der Waals surface area contributed by atoms with Crippen LogP contribution >= 0.6 is 15.9 Å². The molecule has 2 N–H and O–H groups in total. The zero-order valence-electron chi connectivity index (χ0n) is 12.8. The first-order chi connectivity index (χ1) is 10.0. The summed E-state index contributed by atoms with van der Waals surface area (Å²) in [5, 5.41) is 0. The zero-order chi connectivity index (χ0) is 15.4. The van der Waals surface area contributed by atoms with Crippen LogP contribution in [0.2, 0.25) is 0 Å². The van der Waals surface area contributed by atoms with Crippen molar-refractivity contribution in [2.24, 2.45) is 5.73 Å². The molecule has 0 spiro atoms. The Morgan fingerprint density at radius 1 is 1.24 bits per heavy atom. The molecule has 21 heavy (non-hydrogen) atoms. The fraction of sp³-hybridized carbons (Fsp3) is 0.562. The number of rotatable bonds is 4. The van der Waals surface area contributed by atoms with E-state index in [2.05, 4.69) is 52.0 Å². The summed E-state index contributed by atoms with van der Waals surface area (Å²) < 4.78 is 1.08. The number of carbonyl (C=O) groups is 1. The highest BCUT2D eigenvalue weighted by Gasteiger charge is 2.29. The zero-order valence-corrected chi connectivity index (χ0v) is 14.3. The van der Waals surface area contributed by atoms with Crippen molar-refractivity contribution >= 4 is 21.8 Å². The highest BCUT2D eigenvalue weighted by atomic mass is 79.9. The van der Waals surface area contributed by atoms with Crippen molar-refractivity contribution in [3.8, 4) is 0 Å². The lowest BCUT2D eigenvalue weighted by molar-refractivity contribution is -0.130. The van der Waals surface area contributed by atoms with Gasteiger partial charge in [-0.05, 0) is 24.1 Å². The topological polar surface area (TPSA) is 49.6 Å². The Bertz CT molecular complexity index is 469. The number of benzene rings is 1. The normalized spacial score (nSPS) is 19.3. The molecule has 5 heteroatoms. The average Bonchev–Trinajstić information content (AvgIpc) is 2.49. The SMILES string of the molecule is CCC(N)C(c1ccc(Br)cc1)N1CCN(C(C)=O)CC1. The minimum absolute atomic E-state index is 0.107. The Kier molecular flexibility index (Phi) is 5.79. The molecule has 116 valence electrons. The molecule has 0 aliphatic carbocycles. The van der Waals surface area contributed by atoms with Gasteiger partial charge in [-0.1, -0.05) is 35.0 Å². The molecule has 1 aromatic carbocycles. The lowest BCUT2D eigenvalue weighted by Gasteiger charge is -2.41. The molecule has 1 fully saturated rings. The van der Waals surface area contributed by atoms with Crippen molar-refractivity contribution in [2.75, 3.05) is 26.2 Å². The van der Waals surface area contributed by atoms with E-state index in [-0.39, 0.29) is 18.0 Å². The van der Waals surface area contributed by atoms with Crippen molar-refractivity contribution in [3.63, 3.8) is 0 Å². The number of nitrogens with zero attached hydrogens (tertiary/aromatic N) is 2. The summed E-state index contributed by atoms with van der Waals surface area (Å²) >= 11 is 3.48. The first kappa shape index (κ1) is 16.5. The number of nitrogens with two attached hydrogens (primary N) is 1. The smallest absolute Gasteiger partial charge is 0.219 e. The van der Waals surface area contributed by atoms with Gasteiger partial charge in [0.15, 0.2) is 0 Å². The van der Waals surface area contributed by atoms with E-state index in [1.54, 1.807) is 6.92 Å². The van der Waals surface area contributed by atoms with Crippen molar-refractivity contribution in [3.05, 3.63) is 34.3 Å². The van der Waals surface area contributed by atoms with Gasteiger partial charge in [-0.25, -0.2) is 0 Å². The Morgan fingerprint density at radius 3 is 2.29 bits per heavy atom. The van der Waals surface area contributed by atoms with Gasteiger partial charge >= 0.3 is 0 Å². The van der Waals surface area contributed by atoms with Crippen LogP contribution in [-0.2, 0) is 4.79 Å². The molecule has 4 nitrogen and oxygen atoms in total. The number of halogens is 1. The van der Waals surface area contributed by atoms with E-state index in [0.717, 1.165) is 37.1 Å². The molecule has 0 radical (unpaired) electrons. The summed E-state index contributed by atoms with van der Waals surface area (Å²) in [4.78, 5) is 15.8. The quantitative estimate of drug-likeness (QED) is 0.903. The molecule has 1 amide bonds. The van der Waals surface area contributed by atoms with Gasteiger partial charge in [-0.2, -0.15) is 0 Å². The van der Waals surface area contributed by atoms with Gasteiger partial charge in [0.25, 0.3) is 0 Å². The van der Waals surface area contributed by atoms with Crippen LogP contribution in [0.3, 0.4) is 0 Å². The summed E-state index contributed by atoms with van der Waals surface area (Å²) in [6, 6.07) is 8.74. The van der Waals surface area contributed by atoms with E-state index in [4.69, 9.17) is 5.73 Å². The van der Waals surface area contributed by atoms with Crippen LogP contribution < -0.4 is 5.73 Å². The van der Waals surface area contributed by atoms with Gasteiger partial charge in [0.05, 0.1) is 6.04 Å². The Balaban J connectivity index is 2.14. The molecular weight excluding hydrogens is 330 g/mol. The average molecular weight is 354 g/mol. The molecule has 1 aliphatic rings. The minimum atomic E-state index is 0.107. The molecule has 2 rings (SSSR count). The molecule has 2 unspecified atom stereocenters. The molecule has 1 aliphatic heterocycles. The van der Waals surface area contributed by atoms with Crippen molar-refractivity contribution in [2.45, 2.75) is 32.4 Å². The van der Waals surface area contributed by atoms with Crippen LogP contribution in [0.5, 0.6) is 0 Å². The molecule has 0 aromatic heterocycles. The fourth-order valence-electron chi connectivity index (χ4n) is 2.93. The summed E-state index contributed by atoms with van der Waals surface area (Å²) in [6.07, 6.45) is 0.938. The van der Waals surface area contributed by atoms with E-state index in [1.807, 2.05) is 4.90 Å². The van der Waals surface area contributed by atoms with Gasteiger partial charge in [-0.15, -0.1) is 0 Å². The van der Waals surface area contributed by atoms with Crippen molar-refractivity contribution in [1.82, 2.24) is 9.80 Å². The van der Waals surface area contributed by atoms with E-state index in [1.165, 1.54) is 5.56 Å². The third-order valence-corrected chi connectivity index (χ3v) is 4.77. The summed E-state index contributed by atoms with van der Waals surface area (Å²) in [5.41, 5.74) is 7.63. The summed E-state index contributed by atoms with van der Waals surface area (Å²) in [5.74, 6) is 0.162. The molecule has 1 aromatic rings. The molecule has 1 heterocycles. The van der Waals surface area contributed by atoms with Crippen LogP contribution in [0, 0.1) is 0 Å². The van der Waals surface area contributed by atoms with Crippen molar-refractivity contribution < 1.29 is 4.79 Å². The first-order valence-electron chi connectivity index (χ1n) is 7.53. The van der Waals surface area contributed by atoms with Crippen LogP contribution in [0.1, 0.15) is 31.9 Å². The van der Waals surface area contributed by atoms with E-state index in [9.17, 15) is 4.79 Å². The Labute approximate surface area is 135 Å². The second kappa shape index (κ2) is 7.38. The predicted molar refractivity (Wildman–Crippen MR) is 89.0 cm³/mol. The lowest BCUT2D eigenvalue weighted by Crippen LogP contribution is -2.52. The van der Waals surface area contributed by atoms with E-state index < -0.39 is 0 Å². The Morgan fingerprint density at radius 2 is 1.81 bits per heavy atom. The van der Waals surface area contributed by atoms with Gasteiger partial charge in [0, 0.05) is 43.6 Å². The molecule has 0 saturated carbocycles. The maximum absolute atomic E-state index is 11.5. The molecular formula is C16H24BrN3O. The highest BCUT2D eigenvalue weighted by Crippen LogP contribution is 2.27. The number of hydrogen-bond acceptors (Lipinski definition) is 3. The largest absolute Gasteiger partial charge is 0.340 e. The number of carbonyl (C=O) groups excluding carboxylic acids is 1. The molecule has 0 bridgehead atoms. The third-order valence-electron chi connectivity index (χ3n) is 4.24. The monoisotopic (exact) mass is 353 g/mol. The van der Waals surface area contributed by atoms with Gasteiger partial charge < -0.3 is 10.6 Å². The molecule has 1 saturated heterocycles. The Hall–Kier alpha value is -0.910. The van der Waals surface area contributed by atoms with Gasteiger partial charge in [0.1, 0.15) is 0 Å². The maximum Gasteiger partial charge on any atom is 0.219 e. The highest BCUT2D eigenvalue weighted by molar-refractivity contribution is 9.10. The van der Waals surface area contributed by atoms with E-state index in [0.29, 0.717) is 0 Å². The third kappa shape index (κ3) is 4.05. The molecule has 2 atom stereocenters. The second-order valence-corrected chi connectivity index (χ2v) is 6.53. The number of piperazine rings is 1. The minimum Gasteiger partial charge on any atom is -0.340 e. The van der Waals surface area contributed by atoms with Crippen LogP contribution in [0.25, 0.3) is 0 Å². The number of hydrogen-bond donors (Lipinski definition) is 1. The van der Waals surface area contributed by atoms with Crippen LogP contribution in [-0.4, -0.2) is 47.9 Å². The summed E-state index contributed by atoms with van der Waals surface area (Å²) in [7, 11) is 0. The van der Waals surface area contributed by atoms with Crippen LogP contribution in [0.4, 0.5) is 0 Å². The van der Waals surface area contributed by atoms with Crippen LogP contribution in [0.15, 0.2) is 28.7 Å². The predicted octanol–water partition coefficient (Wildman–Crippen LogP) is 2.39. The van der Waals surface area contributed by atoms with Gasteiger partial charge in [0.2, 0.25) is 5.91 Å².